The Bertz CT molecular complexity index is 662. The van der Waals surface area contributed by atoms with E-state index in [9.17, 15) is 14.3 Å². The van der Waals surface area contributed by atoms with E-state index < -0.39 is 11.7 Å². The number of amides is 1. The number of carbonyl (C=O) groups is 1. The number of benzene rings is 2. The number of carbonyl (C=O) groups excluding carboxylic acids is 1. The summed E-state index contributed by atoms with van der Waals surface area (Å²) in [6.07, 6.45) is 0.563. The summed E-state index contributed by atoms with van der Waals surface area (Å²) in [4.78, 5) is 12.0. The number of hydrogen-bond donors (Lipinski definition) is 2. The fraction of sp³-hybridized carbons (Fsp3) is 0.188. The Balaban J connectivity index is 1.61. The van der Waals surface area contributed by atoms with E-state index in [0.717, 1.165) is 29.5 Å². The Hall–Kier alpha value is -2.56. The van der Waals surface area contributed by atoms with Crippen LogP contribution in [0.15, 0.2) is 42.5 Å². The lowest BCUT2D eigenvalue weighted by molar-refractivity contribution is 0.0930. The average Bonchev–Trinajstić information content (AvgIpc) is 2.90. The van der Waals surface area contributed by atoms with Crippen LogP contribution in [0.1, 0.15) is 15.9 Å². The van der Waals surface area contributed by atoms with E-state index in [2.05, 4.69) is 5.32 Å². The number of phenols is 1. The number of aromatic hydroxyl groups is 1. The van der Waals surface area contributed by atoms with Crippen molar-refractivity contribution in [2.45, 2.75) is 12.5 Å². The lowest BCUT2D eigenvalue weighted by atomic mass is 10.1. The van der Waals surface area contributed by atoms with Crippen LogP contribution in [0.25, 0.3) is 0 Å². The van der Waals surface area contributed by atoms with Crippen LogP contribution in [0, 0.1) is 5.82 Å². The zero-order valence-corrected chi connectivity index (χ0v) is 11.2. The topological polar surface area (TPSA) is 58.6 Å². The van der Waals surface area contributed by atoms with Crippen LogP contribution in [0.2, 0.25) is 0 Å². The van der Waals surface area contributed by atoms with Gasteiger partial charge < -0.3 is 15.2 Å². The number of fused-ring (bicyclic) bond motifs is 1. The molecule has 1 aliphatic rings. The number of hydrogen-bond acceptors (Lipinski definition) is 3. The highest BCUT2D eigenvalue weighted by atomic mass is 19.1. The lowest BCUT2D eigenvalue weighted by Crippen LogP contribution is -2.34. The molecule has 21 heavy (non-hydrogen) atoms. The molecule has 1 heterocycles. The number of rotatable bonds is 3. The van der Waals surface area contributed by atoms with Crippen molar-refractivity contribution in [3.05, 3.63) is 59.4 Å². The molecule has 5 heteroatoms. The third-order valence-corrected chi connectivity index (χ3v) is 3.41. The zero-order chi connectivity index (χ0) is 14.8. The maximum absolute atomic E-state index is 13.1. The van der Waals surface area contributed by atoms with Crippen LogP contribution in [-0.2, 0) is 6.42 Å². The van der Waals surface area contributed by atoms with Gasteiger partial charge in [0.05, 0.1) is 12.1 Å². The van der Waals surface area contributed by atoms with Crippen molar-refractivity contribution in [1.82, 2.24) is 5.32 Å². The number of halogens is 1. The van der Waals surface area contributed by atoms with Gasteiger partial charge in [0.1, 0.15) is 23.4 Å². The molecule has 0 fully saturated rings. The largest absolute Gasteiger partial charge is 0.507 e. The molecule has 0 saturated heterocycles. The quantitative estimate of drug-likeness (QED) is 0.910. The summed E-state index contributed by atoms with van der Waals surface area (Å²) < 4.78 is 18.8. The third-order valence-electron chi connectivity index (χ3n) is 3.41. The Morgan fingerprint density at radius 1 is 1.33 bits per heavy atom. The second-order valence-electron chi connectivity index (χ2n) is 4.92. The van der Waals surface area contributed by atoms with Crippen molar-refractivity contribution in [3.8, 4) is 11.5 Å². The molecule has 108 valence electrons. The van der Waals surface area contributed by atoms with E-state index in [-0.39, 0.29) is 17.4 Å². The number of ether oxygens (including phenoxy) is 1. The van der Waals surface area contributed by atoms with Gasteiger partial charge in [-0.3, -0.25) is 4.79 Å². The SMILES string of the molecule is O=C(NCC1Cc2ccccc2O1)c1cc(F)ccc1O. The molecule has 2 aromatic carbocycles. The predicted octanol–water partition coefficient (Wildman–Crippen LogP) is 2.26. The van der Waals surface area contributed by atoms with Crippen molar-refractivity contribution in [3.63, 3.8) is 0 Å². The highest BCUT2D eigenvalue weighted by Gasteiger charge is 2.23. The molecular weight excluding hydrogens is 273 g/mol. The van der Waals surface area contributed by atoms with Gasteiger partial charge in [-0.2, -0.15) is 0 Å². The molecule has 2 N–H and O–H groups in total. The van der Waals surface area contributed by atoms with Gasteiger partial charge in [0.25, 0.3) is 5.91 Å². The Morgan fingerprint density at radius 2 is 2.14 bits per heavy atom. The van der Waals surface area contributed by atoms with E-state index in [4.69, 9.17) is 4.74 Å². The Kier molecular flexibility index (Phi) is 3.48. The molecule has 0 saturated carbocycles. The monoisotopic (exact) mass is 287 g/mol. The lowest BCUT2D eigenvalue weighted by Gasteiger charge is -2.12. The van der Waals surface area contributed by atoms with Crippen LogP contribution < -0.4 is 10.1 Å². The highest BCUT2D eigenvalue weighted by Crippen LogP contribution is 2.27. The van der Waals surface area contributed by atoms with E-state index >= 15 is 0 Å². The molecule has 0 aliphatic carbocycles. The van der Waals surface area contributed by atoms with Crippen molar-refractivity contribution in [2.24, 2.45) is 0 Å². The van der Waals surface area contributed by atoms with Gasteiger partial charge in [-0.15, -0.1) is 0 Å². The molecule has 1 aliphatic heterocycles. The Morgan fingerprint density at radius 3 is 2.95 bits per heavy atom. The van der Waals surface area contributed by atoms with E-state index in [1.807, 2.05) is 24.3 Å². The molecule has 1 amide bonds. The molecule has 2 aromatic rings. The number of nitrogens with one attached hydrogen (secondary N) is 1. The van der Waals surface area contributed by atoms with E-state index in [0.29, 0.717) is 13.0 Å². The summed E-state index contributed by atoms with van der Waals surface area (Å²) in [5.74, 6) is -0.510. The van der Waals surface area contributed by atoms with Crippen molar-refractivity contribution in [1.29, 1.82) is 0 Å². The first kappa shape index (κ1) is 13.4. The summed E-state index contributed by atoms with van der Waals surface area (Å²) in [7, 11) is 0. The maximum atomic E-state index is 13.1. The first-order chi connectivity index (χ1) is 10.1. The minimum absolute atomic E-state index is 0.0782. The summed E-state index contributed by atoms with van der Waals surface area (Å²) in [6.45, 7) is 0.295. The normalized spacial score (nSPS) is 16.1. The van der Waals surface area contributed by atoms with Crippen molar-refractivity contribution in [2.75, 3.05) is 6.54 Å². The molecule has 4 nitrogen and oxygen atoms in total. The standard InChI is InChI=1S/C16H14FNO3/c17-11-5-6-14(19)13(8-11)16(20)18-9-12-7-10-3-1-2-4-15(10)21-12/h1-6,8,12,19H,7,9H2,(H,18,20). The minimum Gasteiger partial charge on any atom is -0.507 e. The van der Waals surface area contributed by atoms with Crippen LogP contribution in [0.3, 0.4) is 0 Å². The molecule has 0 aromatic heterocycles. The van der Waals surface area contributed by atoms with Gasteiger partial charge in [0, 0.05) is 6.42 Å². The molecular formula is C16H14FNO3. The molecule has 1 unspecified atom stereocenters. The first-order valence-corrected chi connectivity index (χ1v) is 6.65. The second-order valence-corrected chi connectivity index (χ2v) is 4.92. The maximum Gasteiger partial charge on any atom is 0.255 e. The van der Waals surface area contributed by atoms with Crippen LogP contribution in [-0.4, -0.2) is 23.7 Å². The van der Waals surface area contributed by atoms with Gasteiger partial charge in [-0.05, 0) is 29.8 Å². The zero-order valence-electron chi connectivity index (χ0n) is 11.2. The van der Waals surface area contributed by atoms with E-state index in [1.54, 1.807) is 0 Å². The predicted molar refractivity (Wildman–Crippen MR) is 75.0 cm³/mol. The van der Waals surface area contributed by atoms with E-state index in [1.165, 1.54) is 0 Å². The fourth-order valence-electron chi connectivity index (χ4n) is 2.36. The molecule has 0 bridgehead atoms. The van der Waals surface area contributed by atoms with Gasteiger partial charge in [-0.1, -0.05) is 18.2 Å². The van der Waals surface area contributed by atoms with Gasteiger partial charge in [0.2, 0.25) is 0 Å². The van der Waals surface area contributed by atoms with Gasteiger partial charge in [-0.25, -0.2) is 4.39 Å². The number of para-hydroxylation sites is 1. The summed E-state index contributed by atoms with van der Waals surface area (Å²) >= 11 is 0. The second kappa shape index (κ2) is 5.44. The number of phenolic OH excluding ortho intramolecular Hbond substituents is 1. The minimum atomic E-state index is -0.567. The van der Waals surface area contributed by atoms with Crippen LogP contribution in [0.5, 0.6) is 11.5 Å². The molecule has 1 atom stereocenters. The molecule has 3 rings (SSSR count). The molecule has 0 radical (unpaired) electrons. The van der Waals surface area contributed by atoms with Gasteiger partial charge >= 0.3 is 0 Å². The van der Waals surface area contributed by atoms with Crippen LogP contribution in [0.4, 0.5) is 4.39 Å². The fourth-order valence-corrected chi connectivity index (χ4v) is 2.36. The highest BCUT2D eigenvalue weighted by molar-refractivity contribution is 5.96. The summed E-state index contributed by atoms with van der Waals surface area (Å²) in [5.41, 5.74) is 1.02. The van der Waals surface area contributed by atoms with Crippen LogP contribution >= 0.6 is 0 Å². The smallest absolute Gasteiger partial charge is 0.255 e. The summed E-state index contributed by atoms with van der Waals surface area (Å²) in [5, 5.41) is 12.2. The van der Waals surface area contributed by atoms with Crippen molar-refractivity contribution >= 4 is 5.91 Å². The van der Waals surface area contributed by atoms with Gasteiger partial charge in [0.15, 0.2) is 0 Å². The summed E-state index contributed by atoms with van der Waals surface area (Å²) in [6, 6.07) is 11.0. The van der Waals surface area contributed by atoms with Crippen molar-refractivity contribution < 1.29 is 19.0 Å². The Labute approximate surface area is 121 Å². The molecule has 0 spiro atoms. The average molecular weight is 287 g/mol. The third kappa shape index (κ3) is 2.81. The first-order valence-electron chi connectivity index (χ1n) is 6.65.